The summed E-state index contributed by atoms with van der Waals surface area (Å²) >= 11 is 0. The maximum Gasteiger partial charge on any atom is 0.178 e. The van der Waals surface area contributed by atoms with Crippen molar-refractivity contribution in [3.8, 4) is 17.2 Å². The average Bonchev–Trinajstić information content (AvgIpc) is 3.02. The second kappa shape index (κ2) is 6.36. The van der Waals surface area contributed by atoms with Crippen LogP contribution >= 0.6 is 0 Å². The molecule has 0 fully saturated rings. The molecule has 3 nitrogen and oxygen atoms in total. The Balaban J connectivity index is 0.000000758. The molecule has 0 atom stereocenters. The summed E-state index contributed by atoms with van der Waals surface area (Å²) in [4.78, 5) is 0. The van der Waals surface area contributed by atoms with E-state index in [1.165, 1.54) is 0 Å². The van der Waals surface area contributed by atoms with Crippen molar-refractivity contribution in [2.24, 2.45) is 0 Å². The summed E-state index contributed by atoms with van der Waals surface area (Å²) in [5, 5.41) is 4.64. The number of hydrogen-bond acceptors (Lipinski definition) is 2. The van der Waals surface area contributed by atoms with E-state index in [9.17, 15) is 0 Å². The van der Waals surface area contributed by atoms with Crippen LogP contribution in [0.4, 0.5) is 11.5 Å². The van der Waals surface area contributed by atoms with E-state index in [0.717, 1.165) is 39.6 Å². The highest BCUT2D eigenvalue weighted by Crippen LogP contribution is 2.48. The summed E-state index contributed by atoms with van der Waals surface area (Å²) in [6, 6.07) is 26.7. The number of para-hydroxylation sites is 4. The molecule has 3 heteroatoms. The van der Waals surface area contributed by atoms with Crippen LogP contribution in [0.3, 0.4) is 0 Å². The van der Waals surface area contributed by atoms with E-state index in [-0.39, 0.29) is 0 Å². The Hall–Kier alpha value is -3.20. The molecule has 5 rings (SSSR count). The van der Waals surface area contributed by atoms with Gasteiger partial charge in [0.2, 0.25) is 0 Å². The molecule has 25 heavy (non-hydrogen) atoms. The monoisotopic (exact) mass is 328 g/mol. The third-order valence-corrected chi connectivity index (χ3v) is 4.19. The van der Waals surface area contributed by atoms with Crippen LogP contribution in [0.1, 0.15) is 13.8 Å². The molecule has 1 aliphatic heterocycles. The normalized spacial score (nSPS) is 11.4. The number of anilines is 2. The molecule has 0 aliphatic carbocycles. The number of nitrogens with zero attached hydrogens (tertiary/aromatic N) is 1. The van der Waals surface area contributed by atoms with Crippen molar-refractivity contribution in [3.63, 3.8) is 0 Å². The van der Waals surface area contributed by atoms with Gasteiger partial charge in [0.1, 0.15) is 0 Å². The van der Waals surface area contributed by atoms with E-state index in [0.29, 0.717) is 0 Å². The molecule has 0 saturated heterocycles. The Morgan fingerprint density at radius 2 is 1.44 bits per heavy atom. The Morgan fingerprint density at radius 1 is 0.760 bits per heavy atom. The topological polar surface area (TPSA) is 26.2 Å². The fourth-order valence-electron chi connectivity index (χ4n) is 3.17. The molecule has 4 aromatic rings. The standard InChI is InChI=1S/C20H14N2O.C2H6/c1-2-8-14(9-3-1)22-17-12-6-4-10-15(17)19-20(22)21-16-11-5-7-13-18(16)23-19;1-2/h1-13,21H;1-2H3. The van der Waals surface area contributed by atoms with E-state index in [1.54, 1.807) is 0 Å². The molecule has 0 unspecified atom stereocenters. The number of benzene rings is 3. The van der Waals surface area contributed by atoms with Gasteiger partial charge < -0.3 is 10.1 Å². The Morgan fingerprint density at radius 3 is 2.28 bits per heavy atom. The van der Waals surface area contributed by atoms with Crippen LogP contribution in [0.5, 0.6) is 11.5 Å². The van der Waals surface area contributed by atoms with Gasteiger partial charge in [0.25, 0.3) is 0 Å². The van der Waals surface area contributed by atoms with Crippen molar-refractivity contribution < 1.29 is 4.74 Å². The van der Waals surface area contributed by atoms with Crippen LogP contribution < -0.4 is 10.1 Å². The molecule has 1 aromatic heterocycles. The van der Waals surface area contributed by atoms with Gasteiger partial charge in [0, 0.05) is 11.1 Å². The maximum atomic E-state index is 6.21. The average molecular weight is 328 g/mol. The lowest BCUT2D eigenvalue weighted by atomic mass is 10.2. The van der Waals surface area contributed by atoms with Gasteiger partial charge in [-0.05, 0) is 36.4 Å². The number of ether oxygens (including phenoxy) is 1. The third-order valence-electron chi connectivity index (χ3n) is 4.19. The Kier molecular flexibility index (Phi) is 3.90. The van der Waals surface area contributed by atoms with Crippen molar-refractivity contribution in [1.29, 1.82) is 0 Å². The number of fused-ring (bicyclic) bond motifs is 4. The summed E-state index contributed by atoms with van der Waals surface area (Å²) in [6.45, 7) is 4.00. The SMILES string of the molecule is CC.c1ccc(-n2c3c(c4ccccc42)Oc2ccccc2N3)cc1. The zero-order valence-electron chi connectivity index (χ0n) is 14.4. The van der Waals surface area contributed by atoms with Gasteiger partial charge >= 0.3 is 0 Å². The molecule has 2 heterocycles. The zero-order chi connectivity index (χ0) is 17.2. The van der Waals surface area contributed by atoms with E-state index in [1.807, 2.05) is 62.4 Å². The van der Waals surface area contributed by atoms with Crippen LogP contribution in [0.25, 0.3) is 16.6 Å². The Bertz CT molecular complexity index is 1020. The van der Waals surface area contributed by atoms with Crippen LogP contribution in [0, 0.1) is 0 Å². The zero-order valence-corrected chi connectivity index (χ0v) is 14.4. The first kappa shape index (κ1) is 15.3. The summed E-state index contributed by atoms with van der Waals surface area (Å²) in [7, 11) is 0. The molecule has 0 radical (unpaired) electrons. The van der Waals surface area contributed by atoms with Gasteiger partial charge in [-0.15, -0.1) is 0 Å². The predicted molar refractivity (Wildman–Crippen MR) is 104 cm³/mol. The molecule has 0 amide bonds. The minimum absolute atomic E-state index is 0.857. The van der Waals surface area contributed by atoms with E-state index < -0.39 is 0 Å². The second-order valence-corrected chi connectivity index (χ2v) is 5.59. The quantitative estimate of drug-likeness (QED) is 0.380. The molecule has 1 aliphatic rings. The molecular weight excluding hydrogens is 308 g/mol. The summed E-state index contributed by atoms with van der Waals surface area (Å²) in [6.07, 6.45) is 0. The number of hydrogen-bond donors (Lipinski definition) is 1. The molecule has 0 saturated carbocycles. The molecule has 1 N–H and O–H groups in total. The van der Waals surface area contributed by atoms with Crippen LogP contribution in [-0.2, 0) is 0 Å². The second-order valence-electron chi connectivity index (χ2n) is 5.59. The highest BCUT2D eigenvalue weighted by molar-refractivity contribution is 5.98. The number of rotatable bonds is 1. The van der Waals surface area contributed by atoms with Crippen molar-refractivity contribution in [2.75, 3.05) is 5.32 Å². The van der Waals surface area contributed by atoms with Crippen molar-refractivity contribution >= 4 is 22.4 Å². The van der Waals surface area contributed by atoms with Gasteiger partial charge in [-0.1, -0.05) is 56.3 Å². The molecule has 0 spiro atoms. The first-order chi connectivity index (χ1) is 12.4. The first-order valence-corrected chi connectivity index (χ1v) is 8.64. The fraction of sp³-hybridized carbons (Fsp3) is 0.0909. The van der Waals surface area contributed by atoms with E-state index >= 15 is 0 Å². The molecule has 3 aromatic carbocycles. The minimum atomic E-state index is 0.857. The van der Waals surface area contributed by atoms with Gasteiger partial charge in [-0.2, -0.15) is 0 Å². The summed E-state index contributed by atoms with van der Waals surface area (Å²) in [5.41, 5.74) is 3.23. The highest BCUT2D eigenvalue weighted by Gasteiger charge is 2.25. The van der Waals surface area contributed by atoms with Crippen molar-refractivity contribution in [3.05, 3.63) is 78.9 Å². The fourth-order valence-corrected chi connectivity index (χ4v) is 3.17. The van der Waals surface area contributed by atoms with Crippen LogP contribution in [0.2, 0.25) is 0 Å². The maximum absolute atomic E-state index is 6.21. The summed E-state index contributed by atoms with van der Waals surface area (Å²) < 4.78 is 8.42. The third kappa shape index (κ3) is 2.45. The molecular formula is C22H20N2O. The minimum Gasteiger partial charge on any atom is -0.451 e. The molecule has 124 valence electrons. The van der Waals surface area contributed by atoms with Crippen molar-refractivity contribution in [1.82, 2.24) is 4.57 Å². The van der Waals surface area contributed by atoms with Gasteiger partial charge in [-0.3, -0.25) is 4.57 Å². The van der Waals surface area contributed by atoms with Gasteiger partial charge in [0.05, 0.1) is 11.2 Å². The number of aromatic nitrogens is 1. The van der Waals surface area contributed by atoms with Gasteiger partial charge in [-0.25, -0.2) is 0 Å². The Labute approximate surface area is 147 Å². The number of nitrogens with one attached hydrogen (secondary N) is 1. The lowest BCUT2D eigenvalue weighted by Gasteiger charge is -2.21. The van der Waals surface area contributed by atoms with Crippen LogP contribution in [-0.4, -0.2) is 4.57 Å². The van der Waals surface area contributed by atoms with Crippen LogP contribution in [0.15, 0.2) is 78.9 Å². The lowest BCUT2D eigenvalue weighted by Crippen LogP contribution is -2.06. The first-order valence-electron chi connectivity index (χ1n) is 8.64. The van der Waals surface area contributed by atoms with Gasteiger partial charge in [0.15, 0.2) is 17.3 Å². The smallest absolute Gasteiger partial charge is 0.178 e. The van der Waals surface area contributed by atoms with E-state index in [2.05, 4.69) is 40.2 Å². The lowest BCUT2D eigenvalue weighted by molar-refractivity contribution is 0.485. The van der Waals surface area contributed by atoms with Crippen molar-refractivity contribution in [2.45, 2.75) is 13.8 Å². The van der Waals surface area contributed by atoms with E-state index in [4.69, 9.17) is 4.74 Å². The molecule has 0 bridgehead atoms. The predicted octanol–water partition coefficient (Wildman–Crippen LogP) is 6.51. The highest BCUT2D eigenvalue weighted by atomic mass is 16.5. The largest absolute Gasteiger partial charge is 0.451 e. The summed E-state index contributed by atoms with van der Waals surface area (Å²) in [5.74, 6) is 2.70.